The lowest BCUT2D eigenvalue weighted by Gasteiger charge is -2.36. The molecule has 2 aromatic carbocycles. The van der Waals surface area contributed by atoms with Gasteiger partial charge in [0.1, 0.15) is 11.6 Å². The van der Waals surface area contributed by atoms with E-state index in [9.17, 15) is 4.79 Å². The Balaban J connectivity index is 1.52. The lowest BCUT2D eigenvalue weighted by atomic mass is 10.0. The van der Waals surface area contributed by atoms with Crippen molar-refractivity contribution in [2.75, 3.05) is 31.1 Å². The molecule has 0 radical (unpaired) electrons. The van der Waals surface area contributed by atoms with Crippen molar-refractivity contribution in [1.29, 1.82) is 0 Å². The Morgan fingerprint density at radius 2 is 1.70 bits per heavy atom. The number of aryl methyl sites for hydroxylation is 2. The molecule has 1 amide bonds. The zero-order valence-electron chi connectivity index (χ0n) is 17.3. The van der Waals surface area contributed by atoms with Crippen LogP contribution in [0.4, 0.5) is 5.82 Å². The van der Waals surface area contributed by atoms with Gasteiger partial charge in [-0.05, 0) is 37.6 Å². The van der Waals surface area contributed by atoms with Crippen LogP contribution in [0.25, 0.3) is 0 Å². The summed E-state index contributed by atoms with van der Waals surface area (Å²) in [6.45, 7) is 6.88. The third-order valence-corrected chi connectivity index (χ3v) is 5.96. The van der Waals surface area contributed by atoms with E-state index in [1.807, 2.05) is 42.2 Å². The highest BCUT2D eigenvalue weighted by atomic mass is 79.9. The summed E-state index contributed by atoms with van der Waals surface area (Å²) in [5.41, 5.74) is 4.15. The SMILES string of the molecule is Cc1nc(C)c(Cc2ccccc2)c(N2CCN(C(=O)c3cccc(Br)c3)CC2)n1. The molecule has 5 nitrogen and oxygen atoms in total. The number of halogens is 1. The van der Waals surface area contributed by atoms with Crippen LogP contribution < -0.4 is 4.90 Å². The molecule has 0 spiro atoms. The third kappa shape index (κ3) is 4.54. The van der Waals surface area contributed by atoms with E-state index in [-0.39, 0.29) is 5.91 Å². The van der Waals surface area contributed by atoms with Crippen molar-refractivity contribution < 1.29 is 4.79 Å². The molecule has 3 aromatic rings. The Morgan fingerprint density at radius 3 is 2.40 bits per heavy atom. The minimum atomic E-state index is 0.0792. The fraction of sp³-hybridized carbons (Fsp3) is 0.292. The molecule has 0 saturated carbocycles. The van der Waals surface area contributed by atoms with Gasteiger partial charge in [-0.2, -0.15) is 0 Å². The Kier molecular flexibility index (Phi) is 6.13. The lowest BCUT2D eigenvalue weighted by Crippen LogP contribution is -2.49. The molecule has 154 valence electrons. The van der Waals surface area contributed by atoms with Crippen molar-refractivity contribution in [3.8, 4) is 0 Å². The number of piperazine rings is 1. The van der Waals surface area contributed by atoms with Gasteiger partial charge >= 0.3 is 0 Å². The Labute approximate surface area is 185 Å². The number of benzene rings is 2. The first kappa shape index (κ1) is 20.5. The van der Waals surface area contributed by atoms with Crippen LogP contribution in [0.2, 0.25) is 0 Å². The van der Waals surface area contributed by atoms with E-state index < -0.39 is 0 Å². The fourth-order valence-electron chi connectivity index (χ4n) is 3.91. The molecule has 0 unspecified atom stereocenters. The largest absolute Gasteiger partial charge is 0.353 e. The van der Waals surface area contributed by atoms with Crippen molar-refractivity contribution in [2.45, 2.75) is 20.3 Å². The number of amides is 1. The van der Waals surface area contributed by atoms with Gasteiger partial charge in [0.15, 0.2) is 0 Å². The topological polar surface area (TPSA) is 49.3 Å². The summed E-state index contributed by atoms with van der Waals surface area (Å²) in [4.78, 5) is 26.5. The van der Waals surface area contributed by atoms with Crippen molar-refractivity contribution in [3.63, 3.8) is 0 Å². The van der Waals surface area contributed by atoms with Crippen LogP contribution in [-0.4, -0.2) is 47.0 Å². The van der Waals surface area contributed by atoms with Gasteiger partial charge in [0.05, 0.1) is 0 Å². The summed E-state index contributed by atoms with van der Waals surface area (Å²) in [5.74, 6) is 1.86. The van der Waals surface area contributed by atoms with Crippen LogP contribution in [0.15, 0.2) is 59.1 Å². The molecule has 0 aliphatic carbocycles. The van der Waals surface area contributed by atoms with Gasteiger partial charge in [0.2, 0.25) is 0 Å². The first-order chi connectivity index (χ1) is 14.5. The van der Waals surface area contributed by atoms with Gasteiger partial charge in [-0.15, -0.1) is 0 Å². The summed E-state index contributed by atoms with van der Waals surface area (Å²) in [7, 11) is 0. The van der Waals surface area contributed by atoms with E-state index in [2.05, 4.69) is 57.0 Å². The predicted molar refractivity (Wildman–Crippen MR) is 123 cm³/mol. The third-order valence-electron chi connectivity index (χ3n) is 5.47. The Morgan fingerprint density at radius 1 is 0.967 bits per heavy atom. The molecule has 6 heteroatoms. The minimum Gasteiger partial charge on any atom is -0.353 e. The molecule has 1 aliphatic rings. The number of rotatable bonds is 4. The molecule has 0 atom stereocenters. The van der Waals surface area contributed by atoms with E-state index in [1.165, 1.54) is 11.1 Å². The molecule has 2 heterocycles. The second kappa shape index (κ2) is 8.96. The number of aromatic nitrogens is 2. The van der Waals surface area contributed by atoms with Gasteiger partial charge in [0.25, 0.3) is 5.91 Å². The molecule has 4 rings (SSSR count). The molecule has 1 saturated heterocycles. The second-order valence-corrected chi connectivity index (χ2v) is 8.53. The van der Waals surface area contributed by atoms with E-state index in [0.717, 1.165) is 46.9 Å². The Bertz CT molecular complexity index is 1050. The van der Waals surface area contributed by atoms with Gasteiger partial charge in [-0.25, -0.2) is 9.97 Å². The number of hydrogen-bond donors (Lipinski definition) is 0. The monoisotopic (exact) mass is 464 g/mol. The number of carbonyl (C=O) groups excluding carboxylic acids is 1. The molecule has 1 fully saturated rings. The van der Waals surface area contributed by atoms with Gasteiger partial charge in [-0.1, -0.05) is 52.3 Å². The summed E-state index contributed by atoms with van der Waals surface area (Å²) >= 11 is 3.45. The van der Waals surface area contributed by atoms with Crippen LogP contribution in [0, 0.1) is 13.8 Å². The van der Waals surface area contributed by atoms with E-state index in [1.54, 1.807) is 0 Å². The number of hydrogen-bond acceptors (Lipinski definition) is 4. The van der Waals surface area contributed by atoms with Crippen LogP contribution in [-0.2, 0) is 6.42 Å². The van der Waals surface area contributed by atoms with Crippen molar-refractivity contribution in [1.82, 2.24) is 14.9 Å². The average Bonchev–Trinajstić information content (AvgIpc) is 2.76. The molecule has 0 N–H and O–H groups in total. The molecular weight excluding hydrogens is 440 g/mol. The standard InChI is InChI=1S/C24H25BrN4O/c1-17-22(15-19-7-4-3-5-8-19)23(27-18(2)26-17)28-11-13-29(14-12-28)24(30)20-9-6-10-21(25)16-20/h3-10,16H,11-15H2,1-2H3. The maximum Gasteiger partial charge on any atom is 0.254 e. The molecule has 0 bridgehead atoms. The second-order valence-electron chi connectivity index (χ2n) is 7.61. The van der Waals surface area contributed by atoms with Crippen LogP contribution >= 0.6 is 15.9 Å². The summed E-state index contributed by atoms with van der Waals surface area (Å²) in [5, 5.41) is 0. The zero-order chi connectivity index (χ0) is 21.1. The Hall–Kier alpha value is -2.73. The smallest absolute Gasteiger partial charge is 0.254 e. The van der Waals surface area contributed by atoms with Crippen molar-refractivity contribution >= 4 is 27.7 Å². The van der Waals surface area contributed by atoms with Crippen molar-refractivity contribution in [2.24, 2.45) is 0 Å². The maximum atomic E-state index is 12.9. The molecule has 1 aliphatic heterocycles. The molecular formula is C24H25BrN4O. The van der Waals surface area contributed by atoms with Crippen LogP contribution in [0.1, 0.15) is 33.0 Å². The summed E-state index contributed by atoms with van der Waals surface area (Å²) in [6, 6.07) is 18.0. The number of carbonyl (C=O) groups is 1. The summed E-state index contributed by atoms with van der Waals surface area (Å²) < 4.78 is 0.921. The quantitative estimate of drug-likeness (QED) is 0.573. The van der Waals surface area contributed by atoms with Crippen molar-refractivity contribution in [3.05, 3.63) is 87.3 Å². The molecule has 30 heavy (non-hydrogen) atoms. The first-order valence-electron chi connectivity index (χ1n) is 10.2. The van der Waals surface area contributed by atoms with E-state index in [0.29, 0.717) is 13.1 Å². The van der Waals surface area contributed by atoms with E-state index >= 15 is 0 Å². The van der Waals surface area contributed by atoms with E-state index in [4.69, 9.17) is 4.98 Å². The van der Waals surface area contributed by atoms with Gasteiger partial charge in [0, 0.05) is 53.9 Å². The highest BCUT2D eigenvalue weighted by Crippen LogP contribution is 2.25. The zero-order valence-corrected chi connectivity index (χ0v) is 18.9. The summed E-state index contributed by atoms with van der Waals surface area (Å²) in [6.07, 6.45) is 0.805. The normalized spacial score (nSPS) is 14.1. The first-order valence-corrected chi connectivity index (χ1v) is 11.0. The maximum absolute atomic E-state index is 12.9. The van der Waals surface area contributed by atoms with Crippen LogP contribution in [0.5, 0.6) is 0 Å². The average molecular weight is 465 g/mol. The van der Waals surface area contributed by atoms with Crippen LogP contribution in [0.3, 0.4) is 0 Å². The predicted octanol–water partition coefficient (Wildman–Crippen LogP) is 4.41. The highest BCUT2D eigenvalue weighted by Gasteiger charge is 2.25. The van der Waals surface area contributed by atoms with Gasteiger partial charge < -0.3 is 9.80 Å². The van der Waals surface area contributed by atoms with Gasteiger partial charge in [-0.3, -0.25) is 4.79 Å². The number of nitrogens with zero attached hydrogens (tertiary/aromatic N) is 4. The molecule has 1 aromatic heterocycles. The highest BCUT2D eigenvalue weighted by molar-refractivity contribution is 9.10. The number of anilines is 1. The fourth-order valence-corrected chi connectivity index (χ4v) is 4.31. The minimum absolute atomic E-state index is 0.0792. The lowest BCUT2D eigenvalue weighted by molar-refractivity contribution is 0.0746.